The molecule has 0 radical (unpaired) electrons. The predicted molar refractivity (Wildman–Crippen MR) is 96.9 cm³/mol. The highest BCUT2D eigenvalue weighted by Gasteiger charge is 2.36. The van der Waals surface area contributed by atoms with E-state index in [1.54, 1.807) is 19.1 Å². The Bertz CT molecular complexity index is 1090. The van der Waals surface area contributed by atoms with E-state index in [0.717, 1.165) is 4.31 Å². The number of amides is 1. The molecule has 1 aromatic heterocycles. The van der Waals surface area contributed by atoms with Crippen LogP contribution in [-0.4, -0.2) is 33.5 Å². The molecule has 1 aliphatic heterocycles. The first-order valence-corrected chi connectivity index (χ1v) is 10.8. The van der Waals surface area contributed by atoms with Crippen molar-refractivity contribution in [1.82, 2.24) is 4.98 Å². The summed E-state index contributed by atoms with van der Waals surface area (Å²) in [5.74, 6) is -0.584. The third-order valence-electron chi connectivity index (χ3n) is 3.89. The van der Waals surface area contributed by atoms with E-state index >= 15 is 0 Å². The number of hydrogen-bond donors (Lipinski definition) is 1. The minimum absolute atomic E-state index is 0.0198. The number of hydrogen-bond acceptors (Lipinski definition) is 6. The lowest BCUT2D eigenvalue weighted by molar-refractivity contribution is -0.116. The van der Waals surface area contributed by atoms with Crippen molar-refractivity contribution in [1.29, 1.82) is 0 Å². The molecule has 2 aromatic rings. The number of anilines is 2. The summed E-state index contributed by atoms with van der Waals surface area (Å²) < 4.78 is 52.3. The summed E-state index contributed by atoms with van der Waals surface area (Å²) in [6.45, 7) is 3.28. The third kappa shape index (κ3) is 3.42. The number of benzene rings is 1. The van der Waals surface area contributed by atoms with Gasteiger partial charge in [0, 0.05) is 12.1 Å². The van der Waals surface area contributed by atoms with E-state index in [-0.39, 0.29) is 28.6 Å². The van der Waals surface area contributed by atoms with Gasteiger partial charge in [-0.25, -0.2) is 26.1 Å². The number of aryl methyl sites for hydroxylation is 2. The van der Waals surface area contributed by atoms with Crippen LogP contribution in [0, 0.1) is 13.8 Å². The Morgan fingerprint density at radius 1 is 1.15 bits per heavy atom. The van der Waals surface area contributed by atoms with Gasteiger partial charge in [-0.1, -0.05) is 6.07 Å². The van der Waals surface area contributed by atoms with E-state index in [9.17, 15) is 21.6 Å². The molecule has 2 heterocycles. The van der Waals surface area contributed by atoms with Gasteiger partial charge in [0.25, 0.3) is 10.0 Å². The molecule has 1 aromatic carbocycles. The SMILES string of the molecule is Cc1cccc(NS(=O)(=O)c2ccc(N3C(=O)CCS3(=O)=O)cc2C)n1. The number of pyridine rings is 1. The predicted octanol–water partition coefficient (Wildman–Crippen LogP) is 1.57. The standard InChI is InChI=1S/C16H17N3O5S2/c1-11-10-13(19-16(20)8-9-25(19,21)22)6-7-14(11)26(23,24)18-15-5-3-4-12(2)17-15/h3-7,10H,8-9H2,1-2H3,(H,17,18). The van der Waals surface area contributed by atoms with Crippen molar-refractivity contribution in [3.63, 3.8) is 0 Å². The molecule has 10 heteroatoms. The second kappa shape index (κ2) is 6.36. The molecule has 0 bridgehead atoms. The highest BCUT2D eigenvalue weighted by molar-refractivity contribution is 7.94. The van der Waals surface area contributed by atoms with Crippen LogP contribution in [-0.2, 0) is 24.8 Å². The van der Waals surface area contributed by atoms with E-state index < -0.39 is 26.0 Å². The van der Waals surface area contributed by atoms with Gasteiger partial charge < -0.3 is 0 Å². The highest BCUT2D eigenvalue weighted by atomic mass is 32.2. The number of carbonyl (C=O) groups is 1. The van der Waals surface area contributed by atoms with Crippen LogP contribution in [0.4, 0.5) is 11.5 Å². The lowest BCUT2D eigenvalue weighted by atomic mass is 10.2. The minimum Gasteiger partial charge on any atom is -0.273 e. The molecule has 0 unspecified atom stereocenters. The number of sulfonamides is 2. The van der Waals surface area contributed by atoms with Crippen LogP contribution in [0.5, 0.6) is 0 Å². The average molecular weight is 395 g/mol. The number of nitrogens with zero attached hydrogens (tertiary/aromatic N) is 2. The topological polar surface area (TPSA) is 114 Å². The summed E-state index contributed by atoms with van der Waals surface area (Å²) in [6.07, 6.45) is -0.0813. The van der Waals surface area contributed by atoms with Gasteiger partial charge in [-0.15, -0.1) is 0 Å². The van der Waals surface area contributed by atoms with Crippen molar-refractivity contribution in [3.8, 4) is 0 Å². The van der Waals surface area contributed by atoms with Crippen LogP contribution in [0.15, 0.2) is 41.3 Å². The van der Waals surface area contributed by atoms with Crippen molar-refractivity contribution >= 4 is 37.5 Å². The maximum absolute atomic E-state index is 12.6. The van der Waals surface area contributed by atoms with Crippen LogP contribution in [0.1, 0.15) is 17.7 Å². The Labute approximate surface area is 152 Å². The zero-order chi connectivity index (χ0) is 19.1. The molecule has 1 saturated heterocycles. The van der Waals surface area contributed by atoms with E-state index in [2.05, 4.69) is 9.71 Å². The van der Waals surface area contributed by atoms with Crippen molar-refractivity contribution in [3.05, 3.63) is 47.7 Å². The van der Waals surface area contributed by atoms with Crippen molar-refractivity contribution in [2.45, 2.75) is 25.2 Å². The van der Waals surface area contributed by atoms with Crippen LogP contribution in [0.2, 0.25) is 0 Å². The molecule has 1 amide bonds. The molecular formula is C16H17N3O5S2. The molecule has 0 aliphatic carbocycles. The maximum Gasteiger partial charge on any atom is 0.263 e. The second-order valence-corrected chi connectivity index (χ2v) is 9.53. The highest BCUT2D eigenvalue weighted by Crippen LogP contribution is 2.29. The Hall–Kier alpha value is -2.46. The molecule has 1 fully saturated rings. The molecular weight excluding hydrogens is 378 g/mol. The molecule has 0 saturated carbocycles. The summed E-state index contributed by atoms with van der Waals surface area (Å²) in [5.41, 5.74) is 1.12. The van der Waals surface area contributed by atoms with Gasteiger partial charge in [0.05, 0.1) is 16.3 Å². The number of aromatic nitrogens is 1. The first-order chi connectivity index (χ1) is 12.1. The fourth-order valence-corrected chi connectivity index (χ4v) is 5.40. The number of carbonyl (C=O) groups excluding carboxylic acids is 1. The van der Waals surface area contributed by atoms with E-state index in [1.807, 2.05) is 0 Å². The molecule has 0 spiro atoms. The molecule has 3 rings (SSSR count). The van der Waals surface area contributed by atoms with Gasteiger partial charge in [0.1, 0.15) is 5.82 Å². The molecule has 0 atom stereocenters. The van der Waals surface area contributed by atoms with Crippen molar-refractivity contribution in [2.24, 2.45) is 0 Å². The molecule has 1 N–H and O–H groups in total. The monoisotopic (exact) mass is 395 g/mol. The first-order valence-electron chi connectivity index (χ1n) is 7.73. The van der Waals surface area contributed by atoms with E-state index in [4.69, 9.17) is 0 Å². The molecule has 8 nitrogen and oxygen atoms in total. The average Bonchev–Trinajstić information content (AvgIpc) is 2.79. The molecule has 26 heavy (non-hydrogen) atoms. The Morgan fingerprint density at radius 3 is 2.46 bits per heavy atom. The van der Waals surface area contributed by atoms with Crippen molar-refractivity contribution in [2.75, 3.05) is 14.8 Å². The zero-order valence-electron chi connectivity index (χ0n) is 14.1. The largest absolute Gasteiger partial charge is 0.273 e. The van der Waals surface area contributed by atoms with Gasteiger partial charge in [-0.2, -0.15) is 0 Å². The molecule has 1 aliphatic rings. The van der Waals surface area contributed by atoms with E-state index in [1.165, 1.54) is 31.2 Å². The Kier molecular flexibility index (Phi) is 4.49. The molecule has 138 valence electrons. The fraction of sp³-hybridized carbons (Fsp3) is 0.250. The van der Waals surface area contributed by atoms with Gasteiger partial charge >= 0.3 is 0 Å². The first kappa shape index (κ1) is 18.3. The second-order valence-electron chi connectivity index (χ2n) is 5.94. The van der Waals surface area contributed by atoms with Gasteiger partial charge in [0.2, 0.25) is 15.9 Å². The summed E-state index contributed by atoms with van der Waals surface area (Å²) >= 11 is 0. The lowest BCUT2D eigenvalue weighted by Gasteiger charge is -2.17. The third-order valence-corrected chi connectivity index (χ3v) is 7.09. The number of nitrogens with one attached hydrogen (secondary N) is 1. The normalized spacial score (nSPS) is 16.7. The van der Waals surface area contributed by atoms with Crippen LogP contribution < -0.4 is 9.03 Å². The van der Waals surface area contributed by atoms with Gasteiger partial charge in [-0.3, -0.25) is 9.52 Å². The minimum atomic E-state index is -3.91. The van der Waals surface area contributed by atoms with E-state index in [0.29, 0.717) is 11.3 Å². The summed E-state index contributed by atoms with van der Waals surface area (Å²) in [5, 5.41) is 0. The zero-order valence-corrected chi connectivity index (χ0v) is 15.8. The quantitative estimate of drug-likeness (QED) is 0.840. The fourth-order valence-electron chi connectivity index (χ4n) is 2.72. The number of rotatable bonds is 4. The summed E-state index contributed by atoms with van der Waals surface area (Å²) in [4.78, 5) is 15.9. The van der Waals surface area contributed by atoms with Gasteiger partial charge in [-0.05, 0) is 49.7 Å². The van der Waals surface area contributed by atoms with Crippen LogP contribution in [0.25, 0.3) is 0 Å². The maximum atomic E-state index is 12.6. The summed E-state index contributed by atoms with van der Waals surface area (Å²) in [6, 6.07) is 8.92. The van der Waals surface area contributed by atoms with Crippen LogP contribution in [0.3, 0.4) is 0 Å². The van der Waals surface area contributed by atoms with Crippen LogP contribution >= 0.6 is 0 Å². The summed E-state index contributed by atoms with van der Waals surface area (Å²) in [7, 11) is -7.61. The Balaban J connectivity index is 1.96. The van der Waals surface area contributed by atoms with Gasteiger partial charge in [0.15, 0.2) is 0 Å². The lowest BCUT2D eigenvalue weighted by Crippen LogP contribution is -2.29. The smallest absolute Gasteiger partial charge is 0.263 e. The van der Waals surface area contributed by atoms with Crippen molar-refractivity contribution < 1.29 is 21.6 Å². The Morgan fingerprint density at radius 2 is 1.88 bits per heavy atom.